The molecule has 0 spiro atoms. The molecule has 0 saturated heterocycles. The zero-order valence-electron chi connectivity index (χ0n) is 11.5. The average Bonchev–Trinajstić information content (AvgIpc) is 1.75. The van der Waals surface area contributed by atoms with Crippen LogP contribution in [0.3, 0.4) is 0 Å². The molecule has 0 atom stereocenters. The topological polar surface area (TPSA) is 26.3 Å². The van der Waals surface area contributed by atoms with E-state index >= 15 is 0 Å². The van der Waals surface area contributed by atoms with Crippen LogP contribution in [0.25, 0.3) is 0 Å². The van der Waals surface area contributed by atoms with Crippen molar-refractivity contribution in [3.63, 3.8) is 0 Å². The fraction of sp³-hybridized carbons (Fsp3) is 0.923. The smallest absolute Gasteiger partial charge is 0.306 e. The third-order valence-corrected chi connectivity index (χ3v) is 3.04. The predicted molar refractivity (Wildman–Crippen MR) is 63.7 cm³/mol. The molecule has 0 amide bonds. The van der Waals surface area contributed by atoms with Crippen molar-refractivity contribution in [2.45, 2.75) is 67.4 Å². The summed E-state index contributed by atoms with van der Waals surface area (Å²) >= 11 is 0. The van der Waals surface area contributed by atoms with Crippen LogP contribution < -0.4 is 0 Å². The maximum Gasteiger partial charge on any atom is 0.306 e. The molecule has 90 valence electrons. The van der Waals surface area contributed by atoms with Gasteiger partial charge in [-0.2, -0.15) is 0 Å². The van der Waals surface area contributed by atoms with E-state index in [1.807, 2.05) is 20.8 Å². The lowest BCUT2D eigenvalue weighted by molar-refractivity contribution is -0.159. The van der Waals surface area contributed by atoms with Gasteiger partial charge in [0.25, 0.3) is 0 Å². The van der Waals surface area contributed by atoms with Gasteiger partial charge in [-0.1, -0.05) is 34.6 Å². The molecule has 0 aromatic rings. The number of esters is 1. The van der Waals surface area contributed by atoms with Crippen molar-refractivity contribution in [2.24, 2.45) is 10.8 Å². The predicted octanol–water partition coefficient (Wildman–Crippen LogP) is 3.79. The molecule has 0 aromatic carbocycles. The van der Waals surface area contributed by atoms with E-state index in [1.54, 1.807) is 0 Å². The summed E-state index contributed by atoms with van der Waals surface area (Å²) in [6, 6.07) is 0. The van der Waals surface area contributed by atoms with Gasteiger partial charge < -0.3 is 4.74 Å². The Morgan fingerprint density at radius 3 is 1.60 bits per heavy atom. The molecule has 0 radical (unpaired) electrons. The van der Waals surface area contributed by atoms with Crippen molar-refractivity contribution < 1.29 is 9.53 Å². The largest absolute Gasteiger partial charge is 0.460 e. The molecule has 0 aliphatic rings. The van der Waals surface area contributed by atoms with Gasteiger partial charge in [0.1, 0.15) is 5.60 Å². The van der Waals surface area contributed by atoms with Crippen molar-refractivity contribution in [1.82, 2.24) is 0 Å². The number of hydrogen-bond acceptors (Lipinski definition) is 2. The second kappa shape index (κ2) is 4.15. The van der Waals surface area contributed by atoms with Gasteiger partial charge in [0, 0.05) is 0 Å². The molecule has 0 aliphatic carbocycles. The van der Waals surface area contributed by atoms with E-state index in [4.69, 9.17) is 4.74 Å². The van der Waals surface area contributed by atoms with E-state index in [2.05, 4.69) is 34.6 Å². The van der Waals surface area contributed by atoms with Crippen LogP contribution in [-0.2, 0) is 9.53 Å². The fourth-order valence-electron chi connectivity index (χ4n) is 1.00. The molecule has 0 heterocycles. The van der Waals surface area contributed by atoms with Gasteiger partial charge in [0.15, 0.2) is 0 Å². The van der Waals surface area contributed by atoms with E-state index in [0.29, 0.717) is 6.42 Å². The second-order valence-corrected chi connectivity index (χ2v) is 6.90. The summed E-state index contributed by atoms with van der Waals surface area (Å²) in [5.74, 6) is -0.109. The first kappa shape index (κ1) is 14.5. The van der Waals surface area contributed by atoms with Crippen LogP contribution in [0.5, 0.6) is 0 Å². The van der Waals surface area contributed by atoms with Crippen LogP contribution >= 0.6 is 0 Å². The third-order valence-electron chi connectivity index (χ3n) is 3.04. The first-order valence-electron chi connectivity index (χ1n) is 5.57. The van der Waals surface area contributed by atoms with Crippen molar-refractivity contribution in [3.05, 3.63) is 0 Å². The van der Waals surface area contributed by atoms with E-state index in [1.165, 1.54) is 0 Å². The normalized spacial score (nSPS) is 13.9. The molecule has 15 heavy (non-hydrogen) atoms. The summed E-state index contributed by atoms with van der Waals surface area (Å²) in [6.45, 7) is 16.4. The number of ether oxygens (including phenoxy) is 1. The van der Waals surface area contributed by atoms with Gasteiger partial charge >= 0.3 is 5.97 Å². The summed E-state index contributed by atoms with van der Waals surface area (Å²) in [5, 5.41) is 0. The quantitative estimate of drug-likeness (QED) is 0.654. The minimum absolute atomic E-state index is 0.0463. The SMILES string of the molecule is CC(C)(C)OC(=O)CC(C)(C)C(C)(C)C. The van der Waals surface area contributed by atoms with Crippen LogP contribution in [0, 0.1) is 10.8 Å². The first-order chi connectivity index (χ1) is 6.35. The average molecular weight is 214 g/mol. The highest BCUT2D eigenvalue weighted by molar-refractivity contribution is 5.70. The summed E-state index contributed by atoms with van der Waals surface area (Å²) in [6.07, 6.45) is 0.466. The summed E-state index contributed by atoms with van der Waals surface area (Å²) < 4.78 is 5.33. The molecule has 2 heteroatoms. The Labute approximate surface area is 94.4 Å². The maximum atomic E-state index is 11.7. The van der Waals surface area contributed by atoms with Crippen molar-refractivity contribution in [2.75, 3.05) is 0 Å². The summed E-state index contributed by atoms with van der Waals surface area (Å²) in [7, 11) is 0. The monoisotopic (exact) mass is 214 g/mol. The van der Waals surface area contributed by atoms with Gasteiger partial charge in [0.2, 0.25) is 0 Å². The molecule has 0 aromatic heterocycles. The Morgan fingerprint density at radius 2 is 1.33 bits per heavy atom. The number of carbonyl (C=O) groups excluding carboxylic acids is 1. The highest BCUT2D eigenvalue weighted by Gasteiger charge is 2.36. The molecular formula is C13H26O2. The molecule has 0 bridgehead atoms. The minimum atomic E-state index is -0.384. The number of rotatable bonds is 2. The highest BCUT2D eigenvalue weighted by atomic mass is 16.6. The van der Waals surface area contributed by atoms with Crippen LogP contribution in [0.4, 0.5) is 0 Å². The lowest BCUT2D eigenvalue weighted by Gasteiger charge is -2.38. The molecule has 0 N–H and O–H groups in total. The molecule has 0 saturated carbocycles. The molecule has 0 unspecified atom stereocenters. The Kier molecular flexibility index (Phi) is 4.00. The van der Waals surface area contributed by atoms with Crippen LogP contribution in [0.15, 0.2) is 0 Å². The third kappa shape index (κ3) is 5.19. The van der Waals surface area contributed by atoms with Gasteiger partial charge in [-0.05, 0) is 31.6 Å². The molecule has 0 aliphatic heterocycles. The highest BCUT2D eigenvalue weighted by Crippen LogP contribution is 2.41. The van der Waals surface area contributed by atoms with E-state index in [0.717, 1.165) is 0 Å². The second-order valence-electron chi connectivity index (χ2n) is 6.90. The Morgan fingerprint density at radius 1 is 0.933 bits per heavy atom. The first-order valence-corrected chi connectivity index (χ1v) is 5.57. The van der Waals surface area contributed by atoms with Crippen molar-refractivity contribution in [3.8, 4) is 0 Å². The summed E-state index contributed by atoms with van der Waals surface area (Å²) in [4.78, 5) is 11.7. The Bertz CT molecular complexity index is 226. The Hall–Kier alpha value is -0.530. The maximum absolute atomic E-state index is 11.7. The lowest BCUT2D eigenvalue weighted by atomic mass is 9.67. The molecule has 0 fully saturated rings. The summed E-state index contributed by atoms with van der Waals surface area (Å²) in [5.41, 5.74) is -0.329. The minimum Gasteiger partial charge on any atom is -0.460 e. The van der Waals surface area contributed by atoms with Gasteiger partial charge in [0.05, 0.1) is 6.42 Å². The molecule has 2 nitrogen and oxygen atoms in total. The number of hydrogen-bond donors (Lipinski definition) is 0. The standard InChI is InChI=1S/C13H26O2/c1-11(2,3)13(7,8)9-10(14)15-12(4,5)6/h9H2,1-8H3. The van der Waals surface area contributed by atoms with Crippen LogP contribution in [-0.4, -0.2) is 11.6 Å². The van der Waals surface area contributed by atoms with E-state index in [-0.39, 0.29) is 22.4 Å². The van der Waals surface area contributed by atoms with Gasteiger partial charge in [-0.3, -0.25) is 4.79 Å². The zero-order valence-corrected chi connectivity index (χ0v) is 11.5. The number of carbonyl (C=O) groups is 1. The van der Waals surface area contributed by atoms with Gasteiger partial charge in [-0.15, -0.1) is 0 Å². The lowest BCUT2D eigenvalue weighted by Crippen LogP contribution is -2.34. The zero-order chi connectivity index (χ0) is 12.5. The van der Waals surface area contributed by atoms with Crippen LogP contribution in [0.2, 0.25) is 0 Å². The van der Waals surface area contributed by atoms with Crippen molar-refractivity contribution >= 4 is 5.97 Å². The molecular weight excluding hydrogens is 188 g/mol. The van der Waals surface area contributed by atoms with E-state index < -0.39 is 0 Å². The van der Waals surface area contributed by atoms with E-state index in [9.17, 15) is 4.79 Å². The Balaban J connectivity index is 4.43. The fourth-order valence-corrected chi connectivity index (χ4v) is 1.00. The van der Waals surface area contributed by atoms with Crippen LogP contribution in [0.1, 0.15) is 61.8 Å². The van der Waals surface area contributed by atoms with Gasteiger partial charge in [-0.25, -0.2) is 0 Å². The molecule has 0 rings (SSSR count). The van der Waals surface area contributed by atoms with Crippen molar-refractivity contribution in [1.29, 1.82) is 0 Å².